The molecule has 0 aliphatic heterocycles. The van der Waals surface area contributed by atoms with E-state index in [2.05, 4.69) is 5.10 Å². The van der Waals surface area contributed by atoms with Crippen LogP contribution < -0.4 is 5.56 Å². The van der Waals surface area contributed by atoms with E-state index in [1.165, 1.54) is 0 Å². The van der Waals surface area contributed by atoms with Crippen molar-refractivity contribution in [3.8, 4) is 0 Å². The molecule has 0 aromatic carbocycles. The summed E-state index contributed by atoms with van der Waals surface area (Å²) < 4.78 is 37.6. The number of rotatable bonds is 1. The highest BCUT2D eigenvalue weighted by molar-refractivity contribution is 5.04. The van der Waals surface area contributed by atoms with Crippen molar-refractivity contribution in [1.29, 1.82) is 0 Å². The molecule has 1 aliphatic carbocycles. The monoisotopic (exact) mass is 206 g/mol. The fourth-order valence-corrected chi connectivity index (χ4v) is 1.47. The maximum absolute atomic E-state index is 12.2. The standard InChI is InChI=1S/C8H9F3N2O/c9-8(10,11)6-4-7(14)13(12-6)5-2-1-3-5/h4-5,12H,1-3H2. The van der Waals surface area contributed by atoms with Crippen LogP contribution in [-0.2, 0) is 6.18 Å². The van der Waals surface area contributed by atoms with Crippen LogP contribution in [0, 0.1) is 0 Å². The maximum Gasteiger partial charge on any atom is 0.432 e. The van der Waals surface area contributed by atoms with Crippen LogP contribution in [-0.4, -0.2) is 9.78 Å². The number of aromatic amines is 1. The second-order valence-corrected chi connectivity index (χ2v) is 3.46. The number of H-pyrrole nitrogens is 1. The molecule has 1 fully saturated rings. The first-order valence-corrected chi connectivity index (χ1v) is 4.37. The van der Waals surface area contributed by atoms with Crippen LogP contribution in [0.2, 0.25) is 0 Å². The molecule has 0 spiro atoms. The maximum atomic E-state index is 12.2. The molecule has 2 rings (SSSR count). The van der Waals surface area contributed by atoms with Gasteiger partial charge in [0.1, 0.15) is 5.69 Å². The lowest BCUT2D eigenvalue weighted by atomic mass is 9.93. The number of hydrogen-bond donors (Lipinski definition) is 1. The van der Waals surface area contributed by atoms with E-state index in [4.69, 9.17) is 0 Å². The SMILES string of the molecule is O=c1cc(C(F)(F)F)[nH]n1C1CCC1. The second-order valence-electron chi connectivity index (χ2n) is 3.46. The van der Waals surface area contributed by atoms with Gasteiger partial charge in [-0.25, -0.2) is 4.68 Å². The Morgan fingerprint density at radius 3 is 2.43 bits per heavy atom. The van der Waals surface area contributed by atoms with Gasteiger partial charge in [-0.1, -0.05) is 0 Å². The third kappa shape index (κ3) is 1.44. The molecule has 3 nitrogen and oxygen atoms in total. The van der Waals surface area contributed by atoms with Gasteiger partial charge in [-0.05, 0) is 19.3 Å². The summed E-state index contributed by atoms with van der Waals surface area (Å²) in [5, 5.41) is 2.10. The quantitative estimate of drug-likeness (QED) is 0.748. The van der Waals surface area contributed by atoms with Crippen molar-refractivity contribution < 1.29 is 13.2 Å². The number of aromatic nitrogens is 2. The van der Waals surface area contributed by atoms with Crippen molar-refractivity contribution in [2.45, 2.75) is 31.5 Å². The number of hydrogen-bond acceptors (Lipinski definition) is 1. The Balaban J connectivity index is 2.34. The molecule has 1 aromatic heterocycles. The highest BCUT2D eigenvalue weighted by atomic mass is 19.4. The first kappa shape index (κ1) is 9.36. The van der Waals surface area contributed by atoms with Gasteiger partial charge in [0.25, 0.3) is 5.56 Å². The molecule has 0 atom stereocenters. The summed E-state index contributed by atoms with van der Waals surface area (Å²) >= 11 is 0. The summed E-state index contributed by atoms with van der Waals surface area (Å²) in [6.07, 6.45) is -1.94. The summed E-state index contributed by atoms with van der Waals surface area (Å²) in [4.78, 5) is 11.2. The molecule has 0 saturated heterocycles. The smallest absolute Gasteiger partial charge is 0.291 e. The fourth-order valence-electron chi connectivity index (χ4n) is 1.47. The highest BCUT2D eigenvalue weighted by Gasteiger charge is 2.34. The lowest BCUT2D eigenvalue weighted by molar-refractivity contribution is -0.141. The molecule has 1 heterocycles. The van der Waals surface area contributed by atoms with Crippen LogP contribution in [0.25, 0.3) is 0 Å². The predicted octanol–water partition coefficient (Wildman–Crippen LogP) is 1.92. The molecule has 1 saturated carbocycles. The van der Waals surface area contributed by atoms with Gasteiger partial charge >= 0.3 is 6.18 Å². The zero-order valence-electron chi connectivity index (χ0n) is 7.27. The minimum absolute atomic E-state index is 0.0707. The van der Waals surface area contributed by atoms with Crippen molar-refractivity contribution in [1.82, 2.24) is 9.78 Å². The lowest BCUT2D eigenvalue weighted by Gasteiger charge is -2.25. The summed E-state index contributed by atoms with van der Waals surface area (Å²) in [5.74, 6) is 0. The van der Waals surface area contributed by atoms with Gasteiger partial charge in [0, 0.05) is 6.07 Å². The summed E-state index contributed by atoms with van der Waals surface area (Å²) in [7, 11) is 0. The van der Waals surface area contributed by atoms with E-state index < -0.39 is 17.4 Å². The van der Waals surface area contributed by atoms with Crippen molar-refractivity contribution in [2.75, 3.05) is 0 Å². The Hall–Kier alpha value is -1.20. The molecule has 0 unspecified atom stereocenters. The van der Waals surface area contributed by atoms with Crippen LogP contribution >= 0.6 is 0 Å². The average Bonchev–Trinajstić information content (AvgIpc) is 2.28. The summed E-state index contributed by atoms with van der Waals surface area (Å²) in [5.41, 5.74) is -1.56. The summed E-state index contributed by atoms with van der Waals surface area (Å²) in [6.45, 7) is 0. The Bertz CT molecular complexity index is 386. The van der Waals surface area contributed by atoms with Crippen molar-refractivity contribution in [3.05, 3.63) is 22.1 Å². The molecule has 1 aromatic rings. The van der Waals surface area contributed by atoms with Crippen LogP contribution in [0.1, 0.15) is 31.0 Å². The summed E-state index contributed by atoms with van der Waals surface area (Å²) in [6, 6.07) is 0.539. The molecular formula is C8H9F3N2O. The number of nitrogens with zero attached hydrogens (tertiary/aromatic N) is 1. The average molecular weight is 206 g/mol. The highest BCUT2D eigenvalue weighted by Crippen LogP contribution is 2.31. The van der Waals surface area contributed by atoms with E-state index in [1.807, 2.05) is 0 Å². The molecule has 14 heavy (non-hydrogen) atoms. The van der Waals surface area contributed by atoms with Gasteiger partial charge < -0.3 is 0 Å². The Morgan fingerprint density at radius 1 is 1.43 bits per heavy atom. The number of nitrogens with one attached hydrogen (secondary N) is 1. The number of alkyl halides is 3. The topological polar surface area (TPSA) is 37.8 Å². The van der Waals surface area contributed by atoms with Gasteiger partial charge in [0.15, 0.2) is 0 Å². The molecule has 6 heteroatoms. The molecular weight excluding hydrogens is 197 g/mol. The minimum Gasteiger partial charge on any atom is -0.291 e. The van der Waals surface area contributed by atoms with Crippen LogP contribution in [0.4, 0.5) is 13.2 Å². The van der Waals surface area contributed by atoms with Gasteiger partial charge in [-0.2, -0.15) is 13.2 Å². The third-order valence-corrected chi connectivity index (χ3v) is 2.49. The molecule has 1 N–H and O–H groups in total. The normalized spacial score (nSPS) is 18.2. The molecule has 0 bridgehead atoms. The van der Waals surface area contributed by atoms with E-state index in [-0.39, 0.29) is 6.04 Å². The second kappa shape index (κ2) is 2.90. The van der Waals surface area contributed by atoms with Crippen molar-refractivity contribution in [3.63, 3.8) is 0 Å². The van der Waals surface area contributed by atoms with Crippen LogP contribution in [0.15, 0.2) is 10.9 Å². The van der Waals surface area contributed by atoms with Gasteiger partial charge in [0.2, 0.25) is 0 Å². The van der Waals surface area contributed by atoms with E-state index >= 15 is 0 Å². The first-order chi connectivity index (χ1) is 6.48. The zero-order chi connectivity index (χ0) is 10.3. The van der Waals surface area contributed by atoms with E-state index in [9.17, 15) is 18.0 Å². The Morgan fingerprint density at radius 2 is 2.07 bits per heavy atom. The van der Waals surface area contributed by atoms with Gasteiger partial charge in [-0.15, -0.1) is 0 Å². The van der Waals surface area contributed by atoms with Crippen LogP contribution in [0.3, 0.4) is 0 Å². The third-order valence-electron chi connectivity index (χ3n) is 2.49. The Kier molecular flexibility index (Phi) is 1.94. The van der Waals surface area contributed by atoms with E-state index in [0.29, 0.717) is 6.07 Å². The minimum atomic E-state index is -4.46. The van der Waals surface area contributed by atoms with Gasteiger partial charge in [0.05, 0.1) is 6.04 Å². The Labute approximate surface area is 77.5 Å². The van der Waals surface area contributed by atoms with Crippen molar-refractivity contribution in [2.24, 2.45) is 0 Å². The largest absolute Gasteiger partial charge is 0.432 e. The van der Waals surface area contributed by atoms with Crippen molar-refractivity contribution >= 4 is 0 Å². The van der Waals surface area contributed by atoms with Gasteiger partial charge in [-0.3, -0.25) is 9.89 Å². The first-order valence-electron chi connectivity index (χ1n) is 4.37. The molecule has 0 radical (unpaired) electrons. The lowest BCUT2D eigenvalue weighted by Crippen LogP contribution is -2.26. The van der Waals surface area contributed by atoms with E-state index in [1.54, 1.807) is 0 Å². The predicted molar refractivity (Wildman–Crippen MR) is 42.9 cm³/mol. The van der Waals surface area contributed by atoms with Crippen LogP contribution in [0.5, 0.6) is 0 Å². The van der Waals surface area contributed by atoms with E-state index in [0.717, 1.165) is 23.9 Å². The fraction of sp³-hybridized carbons (Fsp3) is 0.625. The zero-order valence-corrected chi connectivity index (χ0v) is 7.27. The number of halogens is 3. The molecule has 78 valence electrons. The molecule has 1 aliphatic rings. The molecule has 0 amide bonds.